The van der Waals surface area contributed by atoms with Gasteiger partial charge in [-0.25, -0.2) is 17.8 Å². The number of nitrogens with zero attached hydrogens (tertiary/aromatic N) is 2. The van der Waals surface area contributed by atoms with E-state index in [0.29, 0.717) is 23.4 Å². The largest absolute Gasteiger partial charge is 0.279 e. The Balaban J connectivity index is 1.69. The second kappa shape index (κ2) is 8.92. The van der Waals surface area contributed by atoms with Crippen molar-refractivity contribution in [1.29, 1.82) is 0 Å². The van der Waals surface area contributed by atoms with Crippen molar-refractivity contribution < 1.29 is 17.6 Å². The number of hydrazone groups is 1. The summed E-state index contributed by atoms with van der Waals surface area (Å²) in [5, 5.41) is 5.95. The van der Waals surface area contributed by atoms with Crippen molar-refractivity contribution in [3.05, 3.63) is 95.8 Å². The van der Waals surface area contributed by atoms with E-state index in [1.807, 2.05) is 0 Å². The average Bonchev–Trinajstić information content (AvgIpc) is 3.25. The van der Waals surface area contributed by atoms with Gasteiger partial charge in [0.1, 0.15) is 5.82 Å². The average molecular weight is 452 g/mol. The van der Waals surface area contributed by atoms with Crippen LogP contribution in [0.5, 0.6) is 0 Å². The Labute approximate surface area is 186 Å². The Hall–Kier alpha value is -3.52. The first-order valence-electron chi connectivity index (χ1n) is 10.2. The molecule has 0 fully saturated rings. The lowest BCUT2D eigenvalue weighted by Crippen LogP contribution is -2.26. The summed E-state index contributed by atoms with van der Waals surface area (Å²) < 4.78 is 41.8. The molecule has 8 heteroatoms. The molecule has 3 aromatic carbocycles. The minimum absolute atomic E-state index is 0.148. The van der Waals surface area contributed by atoms with Gasteiger partial charge in [-0.05, 0) is 35.9 Å². The van der Waals surface area contributed by atoms with Crippen molar-refractivity contribution >= 4 is 27.3 Å². The topological polar surface area (TPSA) is 78.8 Å². The number of amides is 1. The van der Waals surface area contributed by atoms with E-state index in [1.165, 1.54) is 29.3 Å². The van der Waals surface area contributed by atoms with Crippen molar-refractivity contribution in [3.63, 3.8) is 0 Å². The number of hydrogen-bond donors (Lipinski definition) is 1. The highest BCUT2D eigenvalue weighted by atomic mass is 32.2. The van der Waals surface area contributed by atoms with Crippen molar-refractivity contribution in [2.45, 2.75) is 30.7 Å². The Morgan fingerprint density at radius 1 is 1.03 bits per heavy atom. The predicted octanol–water partition coefficient (Wildman–Crippen LogP) is 4.71. The lowest BCUT2D eigenvalue weighted by atomic mass is 9.97. The lowest BCUT2D eigenvalue weighted by Gasteiger charge is -2.21. The zero-order valence-corrected chi connectivity index (χ0v) is 18.2. The van der Waals surface area contributed by atoms with Gasteiger partial charge in [-0.3, -0.25) is 9.52 Å². The molecule has 6 nitrogen and oxygen atoms in total. The maximum Gasteiger partial charge on any atom is 0.261 e. The molecule has 164 valence electrons. The summed E-state index contributed by atoms with van der Waals surface area (Å²) in [5.74, 6) is -0.529. The van der Waals surface area contributed by atoms with Crippen LogP contribution in [-0.2, 0) is 14.8 Å². The summed E-state index contributed by atoms with van der Waals surface area (Å²) in [4.78, 5) is 12.7. The van der Waals surface area contributed by atoms with Crippen LogP contribution in [0, 0.1) is 5.82 Å². The molecule has 1 aliphatic rings. The van der Waals surface area contributed by atoms with E-state index < -0.39 is 16.1 Å². The molecular formula is C24H22FN3O3S. The number of carbonyl (C=O) groups excluding carboxylic acids is 1. The predicted molar refractivity (Wildman–Crippen MR) is 121 cm³/mol. The molecule has 0 bridgehead atoms. The van der Waals surface area contributed by atoms with Gasteiger partial charge in [0.2, 0.25) is 5.91 Å². The maximum atomic E-state index is 13.4. The van der Waals surface area contributed by atoms with Gasteiger partial charge in [-0.1, -0.05) is 55.5 Å². The van der Waals surface area contributed by atoms with E-state index in [4.69, 9.17) is 0 Å². The van der Waals surface area contributed by atoms with Crippen LogP contribution in [0.1, 0.15) is 36.9 Å². The third-order valence-electron chi connectivity index (χ3n) is 5.26. The van der Waals surface area contributed by atoms with Gasteiger partial charge < -0.3 is 0 Å². The number of rotatable bonds is 6. The van der Waals surface area contributed by atoms with Gasteiger partial charge in [0.05, 0.1) is 22.3 Å². The number of anilines is 1. The molecular weight excluding hydrogens is 429 g/mol. The molecule has 1 atom stereocenters. The minimum atomic E-state index is -3.80. The quantitative estimate of drug-likeness (QED) is 0.589. The standard InChI is InChI=1S/C24H22FN3O3S/c1-2-24(29)28-23(17-12-14-18(25)15-13-17)16-22(26-28)20-10-6-7-11-21(20)27-32(30,31)19-8-4-3-5-9-19/h3-15,23,27H,2,16H2,1H3. The second-order valence-corrected chi connectivity index (χ2v) is 9.06. The molecule has 1 N–H and O–H groups in total. The van der Waals surface area contributed by atoms with Crippen LogP contribution in [0.2, 0.25) is 0 Å². The first-order chi connectivity index (χ1) is 15.4. The SMILES string of the molecule is CCC(=O)N1N=C(c2ccccc2NS(=O)(=O)c2ccccc2)CC1c1ccc(F)cc1. The van der Waals surface area contributed by atoms with E-state index in [9.17, 15) is 17.6 Å². The van der Waals surface area contributed by atoms with E-state index in [-0.39, 0.29) is 23.0 Å². The summed E-state index contributed by atoms with van der Waals surface area (Å²) in [7, 11) is -3.80. The van der Waals surface area contributed by atoms with Crippen LogP contribution in [0.4, 0.5) is 10.1 Å². The molecule has 1 amide bonds. The summed E-state index contributed by atoms with van der Waals surface area (Å²) >= 11 is 0. The maximum absolute atomic E-state index is 13.4. The molecule has 0 aromatic heterocycles. The van der Waals surface area contributed by atoms with Gasteiger partial charge in [0.25, 0.3) is 10.0 Å². The van der Waals surface area contributed by atoms with Crippen LogP contribution < -0.4 is 4.72 Å². The van der Waals surface area contributed by atoms with Gasteiger partial charge in [-0.15, -0.1) is 0 Å². The second-order valence-electron chi connectivity index (χ2n) is 7.37. The Morgan fingerprint density at radius 2 is 1.69 bits per heavy atom. The number of carbonyl (C=O) groups is 1. The molecule has 32 heavy (non-hydrogen) atoms. The molecule has 1 unspecified atom stereocenters. The Kier molecular flexibility index (Phi) is 6.05. The highest BCUT2D eigenvalue weighted by Gasteiger charge is 2.33. The monoisotopic (exact) mass is 451 g/mol. The summed E-state index contributed by atoms with van der Waals surface area (Å²) in [6, 6.07) is 20.6. The number of nitrogens with one attached hydrogen (secondary N) is 1. The van der Waals surface area contributed by atoms with Gasteiger partial charge in [-0.2, -0.15) is 5.10 Å². The van der Waals surface area contributed by atoms with Crippen LogP contribution in [0.3, 0.4) is 0 Å². The molecule has 1 heterocycles. The fraction of sp³-hybridized carbons (Fsp3) is 0.167. The Morgan fingerprint density at radius 3 is 2.38 bits per heavy atom. The molecule has 0 saturated carbocycles. The van der Waals surface area contributed by atoms with Gasteiger partial charge in [0, 0.05) is 18.4 Å². The van der Waals surface area contributed by atoms with Crippen molar-refractivity contribution in [1.82, 2.24) is 5.01 Å². The number of hydrogen-bond acceptors (Lipinski definition) is 4. The molecule has 0 radical (unpaired) electrons. The van der Waals surface area contributed by atoms with E-state index in [1.54, 1.807) is 61.5 Å². The molecule has 0 saturated heterocycles. The number of para-hydroxylation sites is 1. The lowest BCUT2D eigenvalue weighted by molar-refractivity contribution is -0.132. The highest BCUT2D eigenvalue weighted by Crippen LogP contribution is 2.35. The van der Waals surface area contributed by atoms with Crippen LogP contribution in [0.25, 0.3) is 0 Å². The smallest absolute Gasteiger partial charge is 0.261 e. The van der Waals surface area contributed by atoms with E-state index in [2.05, 4.69) is 9.82 Å². The molecule has 0 aliphatic carbocycles. The molecule has 1 aliphatic heterocycles. The first-order valence-corrected chi connectivity index (χ1v) is 11.7. The fourth-order valence-corrected chi connectivity index (χ4v) is 4.74. The Bertz CT molecular complexity index is 1260. The molecule has 0 spiro atoms. The van der Waals surface area contributed by atoms with Crippen LogP contribution >= 0.6 is 0 Å². The van der Waals surface area contributed by atoms with Crippen molar-refractivity contribution in [2.75, 3.05) is 4.72 Å². The summed E-state index contributed by atoms with van der Waals surface area (Å²) in [6.07, 6.45) is 0.637. The zero-order chi connectivity index (χ0) is 22.7. The fourth-order valence-electron chi connectivity index (χ4n) is 3.64. The van der Waals surface area contributed by atoms with Gasteiger partial charge in [0.15, 0.2) is 0 Å². The normalized spacial score (nSPS) is 16.0. The third-order valence-corrected chi connectivity index (χ3v) is 6.64. The first kappa shape index (κ1) is 21.7. The van der Waals surface area contributed by atoms with E-state index >= 15 is 0 Å². The zero-order valence-electron chi connectivity index (χ0n) is 17.4. The number of halogens is 1. The van der Waals surface area contributed by atoms with Crippen molar-refractivity contribution in [3.8, 4) is 0 Å². The number of benzene rings is 3. The van der Waals surface area contributed by atoms with Crippen LogP contribution in [0.15, 0.2) is 88.9 Å². The van der Waals surface area contributed by atoms with E-state index in [0.717, 1.165) is 5.56 Å². The van der Waals surface area contributed by atoms with Crippen molar-refractivity contribution in [2.24, 2.45) is 5.10 Å². The summed E-state index contributed by atoms with van der Waals surface area (Å²) in [5.41, 5.74) is 2.30. The van der Waals surface area contributed by atoms with Crippen LogP contribution in [-0.4, -0.2) is 25.0 Å². The van der Waals surface area contributed by atoms with Gasteiger partial charge >= 0.3 is 0 Å². The molecule has 3 aromatic rings. The third kappa shape index (κ3) is 4.40. The molecule has 4 rings (SSSR count). The minimum Gasteiger partial charge on any atom is -0.279 e. The number of sulfonamides is 1. The summed E-state index contributed by atoms with van der Waals surface area (Å²) in [6.45, 7) is 1.75. The highest BCUT2D eigenvalue weighted by molar-refractivity contribution is 7.92.